The summed E-state index contributed by atoms with van der Waals surface area (Å²) >= 11 is 0. The first-order chi connectivity index (χ1) is 9.81. The van der Waals surface area contributed by atoms with E-state index in [0.717, 1.165) is 16.7 Å². The van der Waals surface area contributed by atoms with Crippen LogP contribution in [-0.2, 0) is 6.42 Å². The first-order valence-corrected chi connectivity index (χ1v) is 6.26. The number of nitrogens with two attached hydrogens (primary N) is 1. The van der Waals surface area contributed by atoms with Gasteiger partial charge in [0.2, 0.25) is 0 Å². The summed E-state index contributed by atoms with van der Waals surface area (Å²) in [4.78, 5) is 17.1. The summed E-state index contributed by atoms with van der Waals surface area (Å²) in [6, 6.07) is 7.32. The van der Waals surface area contributed by atoms with E-state index in [2.05, 4.69) is 19.9 Å². The predicted molar refractivity (Wildman–Crippen MR) is 78.7 cm³/mol. The van der Waals surface area contributed by atoms with Crippen LogP contribution in [0.3, 0.4) is 0 Å². The molecule has 0 aliphatic carbocycles. The highest BCUT2D eigenvalue weighted by Gasteiger charge is 1.99. The predicted octanol–water partition coefficient (Wildman–Crippen LogP) is 2.26. The maximum Gasteiger partial charge on any atom is 0.151 e. The molecule has 0 spiro atoms. The highest BCUT2D eigenvalue weighted by molar-refractivity contribution is 5.77. The van der Waals surface area contributed by atoms with Crippen molar-refractivity contribution in [2.75, 3.05) is 5.73 Å². The smallest absolute Gasteiger partial charge is 0.151 e. The zero-order chi connectivity index (χ0) is 13.8. The van der Waals surface area contributed by atoms with Crippen molar-refractivity contribution in [1.82, 2.24) is 19.9 Å². The molecule has 5 heteroatoms. The largest absolute Gasteiger partial charge is 0.399 e. The second kappa shape index (κ2) is 5.44. The molecule has 0 bridgehead atoms. The first kappa shape index (κ1) is 12.2. The van der Waals surface area contributed by atoms with E-state index in [9.17, 15) is 0 Å². The van der Waals surface area contributed by atoms with Gasteiger partial charge in [-0.15, -0.1) is 0 Å². The lowest BCUT2D eigenvalue weighted by Gasteiger charge is -2.00. The quantitative estimate of drug-likeness (QED) is 0.733. The molecule has 3 rings (SSSR count). The number of fused-ring (bicyclic) bond motifs is 1. The Labute approximate surface area is 116 Å². The van der Waals surface area contributed by atoms with E-state index < -0.39 is 0 Å². The third kappa shape index (κ3) is 2.77. The van der Waals surface area contributed by atoms with Crippen LogP contribution in [0.25, 0.3) is 17.1 Å². The maximum atomic E-state index is 5.71. The van der Waals surface area contributed by atoms with Crippen LogP contribution in [-0.4, -0.2) is 19.9 Å². The molecule has 2 N–H and O–H groups in total. The van der Waals surface area contributed by atoms with Crippen LogP contribution < -0.4 is 5.73 Å². The van der Waals surface area contributed by atoms with Gasteiger partial charge >= 0.3 is 0 Å². The fourth-order valence-electron chi connectivity index (χ4n) is 1.85. The first-order valence-electron chi connectivity index (χ1n) is 6.26. The zero-order valence-corrected chi connectivity index (χ0v) is 10.8. The molecular weight excluding hydrogens is 250 g/mol. The van der Waals surface area contributed by atoms with E-state index >= 15 is 0 Å². The molecule has 2 aromatic heterocycles. The molecule has 0 saturated carbocycles. The van der Waals surface area contributed by atoms with Gasteiger partial charge in [-0.05, 0) is 30.3 Å². The number of hydrogen-bond donors (Lipinski definition) is 1. The van der Waals surface area contributed by atoms with Crippen LogP contribution in [0, 0.1) is 0 Å². The number of nitrogen functional groups attached to an aromatic ring is 1. The van der Waals surface area contributed by atoms with Crippen molar-refractivity contribution in [3.63, 3.8) is 0 Å². The van der Waals surface area contributed by atoms with Crippen LogP contribution in [0.2, 0.25) is 0 Å². The van der Waals surface area contributed by atoms with Gasteiger partial charge in [0, 0.05) is 30.7 Å². The van der Waals surface area contributed by atoms with Crippen LogP contribution >= 0.6 is 0 Å². The third-order valence-electron chi connectivity index (χ3n) is 2.80. The second-order valence-electron chi connectivity index (χ2n) is 4.32. The van der Waals surface area contributed by atoms with Gasteiger partial charge in [0.05, 0.1) is 16.7 Å². The number of allylic oxidation sites excluding steroid dienone is 1. The molecule has 98 valence electrons. The number of anilines is 1. The Morgan fingerprint density at radius 2 is 1.90 bits per heavy atom. The zero-order valence-electron chi connectivity index (χ0n) is 10.8. The fraction of sp³-hybridized carbons (Fsp3) is 0.0667. The lowest BCUT2D eigenvalue weighted by atomic mass is 10.2. The molecule has 0 amide bonds. The van der Waals surface area contributed by atoms with Gasteiger partial charge < -0.3 is 5.73 Å². The molecule has 0 aliphatic heterocycles. The molecule has 2 heterocycles. The molecule has 1 aromatic carbocycles. The monoisotopic (exact) mass is 263 g/mol. The van der Waals surface area contributed by atoms with Crippen molar-refractivity contribution < 1.29 is 0 Å². The van der Waals surface area contributed by atoms with Gasteiger partial charge in [-0.1, -0.05) is 6.08 Å². The SMILES string of the molecule is Nc1ccc2nc(C/C=C\c3ncccn3)cnc2c1. The Hall–Kier alpha value is -2.82. The topological polar surface area (TPSA) is 77.6 Å². The summed E-state index contributed by atoms with van der Waals surface area (Å²) in [5.41, 5.74) is 8.96. The number of nitrogens with zero attached hydrogens (tertiary/aromatic N) is 4. The highest BCUT2D eigenvalue weighted by Crippen LogP contribution is 2.13. The number of aromatic nitrogens is 4. The van der Waals surface area contributed by atoms with E-state index in [1.54, 1.807) is 24.7 Å². The van der Waals surface area contributed by atoms with Crippen molar-refractivity contribution in [1.29, 1.82) is 0 Å². The van der Waals surface area contributed by atoms with Crippen LogP contribution in [0.4, 0.5) is 5.69 Å². The maximum absolute atomic E-state index is 5.71. The van der Waals surface area contributed by atoms with Crippen molar-refractivity contribution in [2.45, 2.75) is 6.42 Å². The summed E-state index contributed by atoms with van der Waals surface area (Å²) in [5, 5.41) is 0. The number of rotatable bonds is 3. The standard InChI is InChI=1S/C15H13N5/c16-11-5-6-13-14(9-11)19-10-12(20-13)3-1-4-15-17-7-2-8-18-15/h1-2,4-10H,3,16H2/b4-1-. The average molecular weight is 263 g/mol. The number of benzene rings is 1. The van der Waals surface area contributed by atoms with Crippen molar-refractivity contribution in [2.24, 2.45) is 0 Å². The minimum Gasteiger partial charge on any atom is -0.399 e. The average Bonchev–Trinajstić information content (AvgIpc) is 2.48. The fourth-order valence-corrected chi connectivity index (χ4v) is 1.85. The van der Waals surface area contributed by atoms with Crippen molar-refractivity contribution in [3.05, 3.63) is 60.5 Å². The van der Waals surface area contributed by atoms with Gasteiger partial charge in [0.25, 0.3) is 0 Å². The summed E-state index contributed by atoms with van der Waals surface area (Å²) < 4.78 is 0. The van der Waals surface area contributed by atoms with Gasteiger partial charge in [-0.2, -0.15) is 0 Å². The lowest BCUT2D eigenvalue weighted by Crippen LogP contribution is -1.93. The van der Waals surface area contributed by atoms with Gasteiger partial charge in [0.15, 0.2) is 5.82 Å². The van der Waals surface area contributed by atoms with E-state index in [0.29, 0.717) is 17.9 Å². The molecule has 0 aliphatic rings. The minimum absolute atomic E-state index is 0.686. The summed E-state index contributed by atoms with van der Waals surface area (Å²) in [6.45, 7) is 0. The molecule has 0 unspecified atom stereocenters. The summed E-state index contributed by atoms with van der Waals surface area (Å²) in [7, 11) is 0. The molecule has 5 nitrogen and oxygen atoms in total. The van der Waals surface area contributed by atoms with Gasteiger partial charge in [-0.3, -0.25) is 4.98 Å². The van der Waals surface area contributed by atoms with E-state index in [-0.39, 0.29) is 0 Å². The Morgan fingerprint density at radius 1 is 1.05 bits per heavy atom. The minimum atomic E-state index is 0.686. The molecule has 0 radical (unpaired) electrons. The van der Waals surface area contributed by atoms with Gasteiger partial charge in [-0.25, -0.2) is 15.0 Å². The third-order valence-corrected chi connectivity index (χ3v) is 2.80. The lowest BCUT2D eigenvalue weighted by molar-refractivity contribution is 1.09. The van der Waals surface area contributed by atoms with Crippen molar-refractivity contribution in [3.8, 4) is 0 Å². The Morgan fingerprint density at radius 3 is 2.75 bits per heavy atom. The Bertz CT molecular complexity index is 753. The normalized spacial score (nSPS) is 11.2. The van der Waals surface area contributed by atoms with E-state index in [4.69, 9.17) is 5.73 Å². The molecular formula is C15H13N5. The molecule has 20 heavy (non-hydrogen) atoms. The molecule has 3 aromatic rings. The molecule has 0 atom stereocenters. The van der Waals surface area contributed by atoms with Crippen LogP contribution in [0.5, 0.6) is 0 Å². The summed E-state index contributed by atoms with van der Waals surface area (Å²) in [6.07, 6.45) is 9.72. The van der Waals surface area contributed by atoms with Crippen molar-refractivity contribution >= 4 is 22.8 Å². The van der Waals surface area contributed by atoms with E-state index in [1.165, 1.54) is 0 Å². The Balaban J connectivity index is 1.78. The Kier molecular flexibility index (Phi) is 3.33. The van der Waals surface area contributed by atoms with E-state index in [1.807, 2.05) is 30.4 Å². The van der Waals surface area contributed by atoms with Crippen LogP contribution in [0.1, 0.15) is 11.5 Å². The number of hydrogen-bond acceptors (Lipinski definition) is 5. The van der Waals surface area contributed by atoms with Gasteiger partial charge in [0.1, 0.15) is 0 Å². The molecule has 0 fully saturated rings. The van der Waals surface area contributed by atoms with Crippen LogP contribution in [0.15, 0.2) is 48.9 Å². The summed E-state index contributed by atoms with van der Waals surface area (Å²) in [5.74, 6) is 0.689. The molecule has 0 saturated heterocycles. The highest BCUT2D eigenvalue weighted by atomic mass is 14.8. The second-order valence-corrected chi connectivity index (χ2v) is 4.32.